The number of ketones is 1. The first-order valence-electron chi connectivity index (χ1n) is 13.1. The molecule has 3 aromatic rings. The number of rotatable bonds is 10. The summed E-state index contributed by atoms with van der Waals surface area (Å²) < 4.78 is 16.8. The maximum Gasteiger partial charge on any atom is 0.360 e. The van der Waals surface area contributed by atoms with Gasteiger partial charge in [-0.1, -0.05) is 53.7 Å². The van der Waals surface area contributed by atoms with Gasteiger partial charge in [-0.25, -0.2) is 9.59 Å². The van der Waals surface area contributed by atoms with Crippen molar-refractivity contribution in [1.82, 2.24) is 5.16 Å². The van der Waals surface area contributed by atoms with Crippen LogP contribution in [0.15, 0.2) is 71.3 Å². The van der Waals surface area contributed by atoms with Crippen molar-refractivity contribution in [1.29, 1.82) is 0 Å². The molecule has 3 saturated heterocycles. The number of Topliss-reactive ketones (excluding diaryl/α,β-unsaturated/α-hetero) is 1. The minimum atomic E-state index is -0.653. The number of hydrogen-bond acceptors (Lipinski definition) is 8. The van der Waals surface area contributed by atoms with Crippen LogP contribution in [-0.2, 0) is 14.3 Å². The van der Waals surface area contributed by atoms with Gasteiger partial charge in [0.25, 0.3) is 5.78 Å². The van der Waals surface area contributed by atoms with Gasteiger partial charge < -0.3 is 40.8 Å². The molecule has 6 rings (SSSR count). The summed E-state index contributed by atoms with van der Waals surface area (Å²) in [5.41, 5.74) is 1.64. The van der Waals surface area contributed by atoms with E-state index in [1.54, 1.807) is 6.92 Å². The van der Waals surface area contributed by atoms with Crippen LogP contribution in [0.25, 0.3) is 0 Å². The number of piperidine rings is 3. The predicted octanol–water partition coefficient (Wildman–Crippen LogP) is 1.04. The van der Waals surface area contributed by atoms with E-state index in [1.807, 2.05) is 60.7 Å². The van der Waals surface area contributed by atoms with Crippen LogP contribution in [0.4, 0.5) is 5.69 Å². The molecule has 10 heteroatoms. The number of benzene rings is 2. The van der Waals surface area contributed by atoms with E-state index in [1.165, 1.54) is 6.07 Å². The average Bonchev–Trinajstić information content (AvgIpc) is 3.44. The van der Waals surface area contributed by atoms with E-state index in [-0.39, 0.29) is 65.4 Å². The molecule has 1 aromatic heterocycles. The van der Waals surface area contributed by atoms with Crippen LogP contribution in [0.5, 0.6) is 0 Å². The summed E-state index contributed by atoms with van der Waals surface area (Å²) in [6, 6.07) is 19.8. The highest BCUT2D eigenvalue weighted by atomic mass is 79.9. The Hall–Kier alpha value is -3.50. The minimum absolute atomic E-state index is 0. The molecule has 0 aliphatic carbocycles. The molecule has 0 saturated carbocycles. The van der Waals surface area contributed by atoms with Crippen molar-refractivity contribution in [2.45, 2.75) is 31.9 Å². The summed E-state index contributed by atoms with van der Waals surface area (Å²) >= 11 is 0. The molecule has 2 aromatic carbocycles. The van der Waals surface area contributed by atoms with Crippen LogP contribution in [-0.4, -0.2) is 66.3 Å². The maximum atomic E-state index is 13.5. The number of halogens is 1. The predicted molar refractivity (Wildman–Crippen MR) is 138 cm³/mol. The Morgan fingerprint density at radius 1 is 1.05 bits per heavy atom. The molecule has 9 nitrogen and oxygen atoms in total. The molecule has 2 bridgehead atoms. The Labute approximate surface area is 237 Å². The second kappa shape index (κ2) is 12.6. The van der Waals surface area contributed by atoms with Crippen molar-refractivity contribution in [3.05, 3.63) is 83.7 Å². The molecule has 0 amide bonds. The number of para-hydroxylation sites is 1. The molecule has 2 atom stereocenters. The number of nitrogens with one attached hydrogen (secondary N) is 1. The molecule has 1 unspecified atom stereocenters. The number of hydrogen-bond donors (Lipinski definition) is 1. The third-order valence-electron chi connectivity index (χ3n) is 7.51. The molecule has 4 heterocycles. The van der Waals surface area contributed by atoms with Gasteiger partial charge in [0.2, 0.25) is 5.76 Å². The van der Waals surface area contributed by atoms with Gasteiger partial charge in [0.15, 0.2) is 17.8 Å². The van der Waals surface area contributed by atoms with Crippen molar-refractivity contribution in [3.63, 3.8) is 0 Å². The molecule has 1 N–H and O–H groups in total. The lowest BCUT2D eigenvalue weighted by atomic mass is 9.83. The van der Waals surface area contributed by atoms with E-state index in [0.29, 0.717) is 11.0 Å². The van der Waals surface area contributed by atoms with E-state index in [0.717, 1.165) is 37.2 Å². The number of anilines is 1. The van der Waals surface area contributed by atoms with Crippen LogP contribution >= 0.6 is 0 Å². The number of nitrogens with zero attached hydrogens (tertiary/aromatic N) is 2. The zero-order valence-corrected chi connectivity index (χ0v) is 23.3. The fourth-order valence-electron chi connectivity index (χ4n) is 5.51. The number of quaternary nitrogens is 1. The minimum Gasteiger partial charge on any atom is -1.00 e. The molecule has 0 radical (unpaired) electrons. The summed E-state index contributed by atoms with van der Waals surface area (Å²) in [6.45, 7) is 4.32. The second-order valence-corrected chi connectivity index (χ2v) is 10.0. The lowest BCUT2D eigenvalue weighted by Gasteiger charge is -2.51. The van der Waals surface area contributed by atoms with Gasteiger partial charge in [0.1, 0.15) is 13.1 Å². The normalized spacial score (nSPS) is 22.3. The van der Waals surface area contributed by atoms with Gasteiger partial charge >= 0.3 is 11.9 Å². The average molecular weight is 598 g/mol. The van der Waals surface area contributed by atoms with Gasteiger partial charge in [-0.3, -0.25) is 4.79 Å². The quantitative estimate of drug-likeness (QED) is 0.210. The lowest BCUT2D eigenvalue weighted by Crippen LogP contribution is -3.00. The largest absolute Gasteiger partial charge is 1.00 e. The number of carbonyl (C=O) groups excluding carboxylic acids is 3. The Balaban J connectivity index is 0.00000353. The first-order chi connectivity index (χ1) is 18.5. The Morgan fingerprint density at radius 3 is 2.38 bits per heavy atom. The first-order valence-corrected chi connectivity index (χ1v) is 13.1. The molecule has 206 valence electrons. The van der Waals surface area contributed by atoms with Crippen molar-refractivity contribution in [2.24, 2.45) is 5.92 Å². The summed E-state index contributed by atoms with van der Waals surface area (Å²) in [6.07, 6.45) is 1.46. The summed E-state index contributed by atoms with van der Waals surface area (Å²) in [5, 5.41) is 7.01. The Morgan fingerprint density at radius 2 is 1.72 bits per heavy atom. The Kier molecular flexibility index (Phi) is 9.19. The maximum absolute atomic E-state index is 13.5. The fraction of sp³-hybridized carbons (Fsp3) is 0.379. The fourth-order valence-corrected chi connectivity index (χ4v) is 5.51. The SMILES string of the molecule is CCOC(=O)c1cc(C(=O)C[N+]23CCC(CC2)[C@@H](OC(=O)C(Nc2ccccc2)c2ccccc2)C3)on1.[Br-]. The highest BCUT2D eigenvalue weighted by Crippen LogP contribution is 2.37. The first kappa shape index (κ1) is 28.5. The smallest absolute Gasteiger partial charge is 0.360 e. The number of esters is 2. The number of fused-ring (bicyclic) bond motifs is 3. The zero-order chi connectivity index (χ0) is 26.5. The zero-order valence-electron chi connectivity index (χ0n) is 21.8. The van der Waals surface area contributed by atoms with E-state index < -0.39 is 12.0 Å². The van der Waals surface area contributed by atoms with E-state index >= 15 is 0 Å². The summed E-state index contributed by atoms with van der Waals surface area (Å²) in [7, 11) is 0. The van der Waals surface area contributed by atoms with E-state index in [4.69, 9.17) is 14.0 Å². The number of aromatic nitrogens is 1. The van der Waals surface area contributed by atoms with Crippen LogP contribution in [0.1, 0.15) is 52.4 Å². The second-order valence-electron chi connectivity index (χ2n) is 10.0. The molecule has 0 spiro atoms. The highest BCUT2D eigenvalue weighted by Gasteiger charge is 2.49. The van der Waals surface area contributed by atoms with Crippen LogP contribution in [0.3, 0.4) is 0 Å². The molecular formula is C29H32BrN3O6. The van der Waals surface area contributed by atoms with Gasteiger partial charge in [0, 0.05) is 30.5 Å². The number of carbonyl (C=O) groups is 3. The van der Waals surface area contributed by atoms with Crippen LogP contribution < -0.4 is 22.3 Å². The Bertz CT molecular complexity index is 1270. The molecule has 3 aliphatic heterocycles. The molecule has 3 fully saturated rings. The van der Waals surface area contributed by atoms with Gasteiger partial charge in [-0.05, 0) is 24.6 Å². The topological polar surface area (TPSA) is 108 Å². The van der Waals surface area contributed by atoms with Gasteiger partial charge in [-0.15, -0.1) is 0 Å². The lowest BCUT2D eigenvalue weighted by molar-refractivity contribution is -0.938. The van der Waals surface area contributed by atoms with Crippen molar-refractivity contribution in [3.8, 4) is 0 Å². The van der Waals surface area contributed by atoms with E-state index in [9.17, 15) is 14.4 Å². The van der Waals surface area contributed by atoms with Gasteiger partial charge in [-0.2, -0.15) is 0 Å². The van der Waals surface area contributed by atoms with Crippen LogP contribution in [0.2, 0.25) is 0 Å². The van der Waals surface area contributed by atoms with Crippen molar-refractivity contribution < 1.29 is 49.8 Å². The van der Waals surface area contributed by atoms with Crippen molar-refractivity contribution in [2.75, 3.05) is 38.1 Å². The standard InChI is InChI=1S/C29H32N3O6.BrH/c1-2-36-28(34)23-17-25(38-31-23)24(33)18-32-15-13-20(14-16-32)26(19-32)37-29(35)27(21-9-5-3-6-10-21)30-22-11-7-4-8-12-22;/h3-12,17,20,26-27,30H,2,13-16,18-19H2,1H3;1H/q+1;/p-1/t20?,26-,27?,32?;/m0./s1. The third kappa shape index (κ3) is 6.57. The summed E-state index contributed by atoms with van der Waals surface area (Å²) in [5.74, 6) is -0.880. The monoisotopic (exact) mass is 597 g/mol. The third-order valence-corrected chi connectivity index (χ3v) is 7.51. The highest BCUT2D eigenvalue weighted by molar-refractivity contribution is 5.97. The molecule has 39 heavy (non-hydrogen) atoms. The molecular weight excluding hydrogens is 566 g/mol. The molecule has 3 aliphatic rings. The van der Waals surface area contributed by atoms with E-state index in [2.05, 4.69) is 10.5 Å². The number of ether oxygens (including phenoxy) is 2. The van der Waals surface area contributed by atoms with Gasteiger partial charge in [0.05, 0.1) is 19.7 Å². The van der Waals surface area contributed by atoms with Crippen LogP contribution in [0, 0.1) is 5.92 Å². The summed E-state index contributed by atoms with van der Waals surface area (Å²) in [4.78, 5) is 38.5. The van der Waals surface area contributed by atoms with Crippen molar-refractivity contribution >= 4 is 23.4 Å².